The minimum absolute atomic E-state index is 0.0631. The third-order valence-corrected chi connectivity index (χ3v) is 7.83. The van der Waals surface area contributed by atoms with Crippen LogP contribution in [-0.2, 0) is 19.4 Å². The largest absolute Gasteiger partial charge is 0.497 e. The highest BCUT2D eigenvalue weighted by molar-refractivity contribution is 7.91. The molecule has 3 aliphatic heterocycles. The van der Waals surface area contributed by atoms with Gasteiger partial charge in [-0.15, -0.1) is 0 Å². The van der Waals surface area contributed by atoms with E-state index in [0.29, 0.717) is 38.2 Å². The molecule has 9 nitrogen and oxygen atoms in total. The number of carbonyl (C=O) groups excluding carboxylic acids is 2. The van der Waals surface area contributed by atoms with Crippen molar-refractivity contribution < 1.29 is 22.7 Å². The zero-order valence-electron chi connectivity index (χ0n) is 17.7. The molecule has 1 atom stereocenters. The number of hydrogen-bond donors (Lipinski definition) is 0. The summed E-state index contributed by atoms with van der Waals surface area (Å²) in [5, 5.41) is 5.58. The van der Waals surface area contributed by atoms with Gasteiger partial charge in [-0.05, 0) is 37.1 Å². The van der Waals surface area contributed by atoms with Gasteiger partial charge in [-0.25, -0.2) is 13.4 Å². The van der Waals surface area contributed by atoms with Gasteiger partial charge < -0.3 is 14.5 Å². The number of benzene rings is 1. The van der Waals surface area contributed by atoms with E-state index < -0.39 is 15.9 Å². The number of nitrogens with zero attached hydrogens (tertiary/aromatic N) is 4. The second kappa shape index (κ2) is 8.86. The van der Waals surface area contributed by atoms with Crippen LogP contribution in [0.1, 0.15) is 25.7 Å². The van der Waals surface area contributed by atoms with Gasteiger partial charge in [-0.1, -0.05) is 0 Å². The Hall–Kier alpha value is -2.62. The van der Waals surface area contributed by atoms with Crippen LogP contribution in [0.2, 0.25) is 0 Å². The van der Waals surface area contributed by atoms with Crippen LogP contribution in [-0.4, -0.2) is 86.7 Å². The average Bonchev–Trinajstić information content (AvgIpc) is 2.98. The van der Waals surface area contributed by atoms with Crippen LogP contribution in [0, 0.1) is 0 Å². The molecule has 0 aliphatic carbocycles. The van der Waals surface area contributed by atoms with Crippen molar-refractivity contribution in [3.05, 3.63) is 24.3 Å². The molecule has 2 amide bonds. The summed E-state index contributed by atoms with van der Waals surface area (Å²) in [4.78, 5) is 29.5. The maximum absolute atomic E-state index is 13.1. The molecule has 4 rings (SSSR count). The Labute approximate surface area is 182 Å². The molecule has 0 aromatic heterocycles. The first-order valence-corrected chi connectivity index (χ1v) is 12.5. The zero-order valence-corrected chi connectivity index (χ0v) is 18.5. The molecule has 3 heterocycles. The smallest absolute Gasteiger partial charge is 0.270 e. The highest BCUT2D eigenvalue weighted by Crippen LogP contribution is 2.24. The van der Waals surface area contributed by atoms with E-state index in [1.807, 2.05) is 24.3 Å². The second-order valence-electron chi connectivity index (χ2n) is 8.17. The highest BCUT2D eigenvalue weighted by atomic mass is 32.2. The SMILES string of the molecule is COc1ccc(N2CCCN(C(=O)C3=NN(C4CCS(=O)(=O)C4)C(=O)CC3)CC2)cc1. The van der Waals surface area contributed by atoms with E-state index in [9.17, 15) is 18.0 Å². The maximum atomic E-state index is 13.1. The Bertz CT molecular complexity index is 976. The number of carbonyl (C=O) groups is 2. The van der Waals surface area contributed by atoms with Gasteiger partial charge in [0.1, 0.15) is 11.5 Å². The molecule has 0 bridgehead atoms. The molecule has 1 aromatic carbocycles. The molecule has 1 unspecified atom stereocenters. The lowest BCUT2D eigenvalue weighted by atomic mass is 10.1. The molecule has 3 aliphatic rings. The van der Waals surface area contributed by atoms with Crippen LogP contribution in [0.3, 0.4) is 0 Å². The molecule has 10 heteroatoms. The van der Waals surface area contributed by atoms with Gasteiger partial charge in [-0.2, -0.15) is 5.10 Å². The number of hydrazone groups is 1. The van der Waals surface area contributed by atoms with Gasteiger partial charge in [-0.3, -0.25) is 9.59 Å². The van der Waals surface area contributed by atoms with Gasteiger partial charge in [0.15, 0.2) is 9.84 Å². The summed E-state index contributed by atoms with van der Waals surface area (Å²) < 4.78 is 28.8. The van der Waals surface area contributed by atoms with E-state index in [4.69, 9.17) is 4.74 Å². The summed E-state index contributed by atoms with van der Waals surface area (Å²) in [6, 6.07) is 7.42. The molecular formula is C21H28N4O5S. The average molecular weight is 449 g/mol. The standard InChI is InChI=1S/C21H28N4O5S/c1-30-18-5-3-16(4-6-18)23-10-2-11-24(13-12-23)21(27)19-7-8-20(26)25(22-19)17-9-14-31(28,29)15-17/h3-6,17H,2,7-15H2,1H3. The van der Waals surface area contributed by atoms with Crippen LogP contribution in [0.15, 0.2) is 29.4 Å². The van der Waals surface area contributed by atoms with Crippen LogP contribution >= 0.6 is 0 Å². The predicted molar refractivity (Wildman–Crippen MR) is 117 cm³/mol. The van der Waals surface area contributed by atoms with Crippen LogP contribution in [0.25, 0.3) is 0 Å². The first kappa shape index (κ1) is 21.6. The summed E-state index contributed by atoms with van der Waals surface area (Å²) in [6.45, 7) is 2.73. The van der Waals surface area contributed by atoms with Crippen molar-refractivity contribution in [2.24, 2.45) is 5.10 Å². The van der Waals surface area contributed by atoms with Crippen LogP contribution in [0.4, 0.5) is 5.69 Å². The summed E-state index contributed by atoms with van der Waals surface area (Å²) in [6.07, 6.45) is 1.69. The summed E-state index contributed by atoms with van der Waals surface area (Å²) in [5.41, 5.74) is 1.44. The van der Waals surface area contributed by atoms with E-state index in [2.05, 4.69) is 10.0 Å². The van der Waals surface area contributed by atoms with Crippen molar-refractivity contribution in [2.75, 3.05) is 49.7 Å². The van der Waals surface area contributed by atoms with Crippen LogP contribution in [0.5, 0.6) is 5.75 Å². The van der Waals surface area contributed by atoms with Crippen molar-refractivity contribution in [3.8, 4) is 5.75 Å². The van der Waals surface area contributed by atoms with Gasteiger partial charge in [0.2, 0.25) is 5.91 Å². The van der Waals surface area contributed by atoms with Crippen molar-refractivity contribution in [1.29, 1.82) is 0 Å². The fraction of sp³-hybridized carbons (Fsp3) is 0.571. The Morgan fingerprint density at radius 1 is 1.10 bits per heavy atom. The van der Waals surface area contributed by atoms with E-state index in [1.54, 1.807) is 12.0 Å². The lowest BCUT2D eigenvalue weighted by Gasteiger charge is -2.29. The normalized spacial score (nSPS) is 24.0. The number of amides is 2. The molecule has 0 radical (unpaired) electrons. The number of sulfone groups is 1. The molecule has 2 saturated heterocycles. The topological polar surface area (TPSA) is 99.6 Å². The van der Waals surface area contributed by atoms with Gasteiger partial charge >= 0.3 is 0 Å². The molecule has 1 aromatic rings. The second-order valence-corrected chi connectivity index (χ2v) is 10.4. The number of rotatable bonds is 4. The van der Waals surface area contributed by atoms with Gasteiger partial charge in [0, 0.05) is 44.7 Å². The van der Waals surface area contributed by atoms with Crippen molar-refractivity contribution in [2.45, 2.75) is 31.7 Å². The Kier molecular flexibility index (Phi) is 6.17. The first-order valence-electron chi connectivity index (χ1n) is 10.6. The summed E-state index contributed by atoms with van der Waals surface area (Å²) >= 11 is 0. The minimum Gasteiger partial charge on any atom is -0.497 e. The number of hydrogen-bond acceptors (Lipinski definition) is 7. The zero-order chi connectivity index (χ0) is 22.0. The Morgan fingerprint density at radius 3 is 2.55 bits per heavy atom. The highest BCUT2D eigenvalue weighted by Gasteiger charge is 2.38. The number of methoxy groups -OCH3 is 1. The van der Waals surface area contributed by atoms with Crippen molar-refractivity contribution in [3.63, 3.8) is 0 Å². The molecule has 168 valence electrons. The van der Waals surface area contributed by atoms with Crippen LogP contribution < -0.4 is 9.64 Å². The van der Waals surface area contributed by atoms with Crippen molar-refractivity contribution >= 4 is 33.1 Å². The summed E-state index contributed by atoms with van der Waals surface area (Å²) in [5.74, 6) is 0.424. The monoisotopic (exact) mass is 448 g/mol. The molecule has 0 spiro atoms. The number of anilines is 1. The van der Waals surface area contributed by atoms with Crippen molar-refractivity contribution in [1.82, 2.24) is 9.91 Å². The molecule has 0 saturated carbocycles. The molecule has 0 N–H and O–H groups in total. The third-order valence-electron chi connectivity index (χ3n) is 6.08. The van der Waals surface area contributed by atoms with Gasteiger partial charge in [0.05, 0.1) is 24.7 Å². The Morgan fingerprint density at radius 2 is 1.87 bits per heavy atom. The molecular weight excluding hydrogens is 420 g/mol. The lowest BCUT2D eigenvalue weighted by molar-refractivity contribution is -0.134. The fourth-order valence-corrected chi connectivity index (χ4v) is 6.03. The summed E-state index contributed by atoms with van der Waals surface area (Å²) in [7, 11) is -1.50. The molecule has 2 fully saturated rings. The van der Waals surface area contributed by atoms with Gasteiger partial charge in [0.25, 0.3) is 5.91 Å². The Balaban J connectivity index is 1.42. The third kappa shape index (κ3) is 4.84. The maximum Gasteiger partial charge on any atom is 0.270 e. The number of ether oxygens (including phenoxy) is 1. The minimum atomic E-state index is -3.14. The predicted octanol–water partition coefficient (Wildman–Crippen LogP) is 0.899. The van der Waals surface area contributed by atoms with E-state index in [-0.39, 0.29) is 29.7 Å². The molecule has 31 heavy (non-hydrogen) atoms. The van der Waals surface area contributed by atoms with E-state index in [1.165, 1.54) is 5.01 Å². The fourth-order valence-electron chi connectivity index (χ4n) is 4.33. The quantitative estimate of drug-likeness (QED) is 0.679. The lowest BCUT2D eigenvalue weighted by Crippen LogP contribution is -2.45. The first-order chi connectivity index (χ1) is 14.9. The van der Waals surface area contributed by atoms with E-state index >= 15 is 0 Å². The van der Waals surface area contributed by atoms with E-state index in [0.717, 1.165) is 24.4 Å².